The molecule has 2 aliphatic rings. The maximum Gasteiger partial charge on any atom is 0.250 e. The highest BCUT2D eigenvalue weighted by molar-refractivity contribution is 5.96. The van der Waals surface area contributed by atoms with E-state index in [1.807, 2.05) is 83.8 Å². The average Bonchev–Trinajstić information content (AvgIpc) is 3.21. The molecule has 1 aromatic heterocycles. The van der Waals surface area contributed by atoms with E-state index < -0.39 is 5.54 Å². The zero-order valence-electron chi connectivity index (χ0n) is 21.5. The number of nitrogens with one attached hydrogen (secondary N) is 1. The van der Waals surface area contributed by atoms with Crippen molar-refractivity contribution >= 4 is 23.4 Å². The first-order valence-electron chi connectivity index (χ1n) is 13.2. The molecule has 3 heterocycles. The van der Waals surface area contributed by atoms with E-state index in [2.05, 4.69) is 15.2 Å². The van der Waals surface area contributed by atoms with Gasteiger partial charge in [0.05, 0.1) is 13.1 Å². The third-order valence-electron chi connectivity index (χ3n) is 7.49. The molecular formula is C30H33N5O3. The summed E-state index contributed by atoms with van der Waals surface area (Å²) in [6, 6.07) is 25.3. The maximum absolute atomic E-state index is 13.9. The summed E-state index contributed by atoms with van der Waals surface area (Å²) in [6.07, 6.45) is 3.78. The molecular weight excluding hydrogens is 478 g/mol. The van der Waals surface area contributed by atoms with E-state index in [9.17, 15) is 14.4 Å². The van der Waals surface area contributed by atoms with Crippen LogP contribution in [0.5, 0.6) is 0 Å². The minimum atomic E-state index is -0.765. The van der Waals surface area contributed by atoms with Crippen LogP contribution in [0, 0.1) is 0 Å². The molecule has 2 aliphatic heterocycles. The lowest BCUT2D eigenvalue weighted by Crippen LogP contribution is -2.57. The second-order valence-corrected chi connectivity index (χ2v) is 9.90. The van der Waals surface area contributed by atoms with Gasteiger partial charge >= 0.3 is 0 Å². The van der Waals surface area contributed by atoms with Crippen molar-refractivity contribution < 1.29 is 14.4 Å². The molecule has 8 heteroatoms. The van der Waals surface area contributed by atoms with Crippen molar-refractivity contribution in [2.24, 2.45) is 0 Å². The quantitative estimate of drug-likeness (QED) is 0.503. The number of nitrogens with zero attached hydrogens (tertiary/aromatic N) is 4. The molecule has 5 rings (SSSR count). The number of benzene rings is 2. The molecule has 8 nitrogen and oxygen atoms in total. The molecule has 2 aromatic carbocycles. The van der Waals surface area contributed by atoms with Crippen molar-refractivity contribution in [2.45, 2.75) is 31.2 Å². The summed E-state index contributed by atoms with van der Waals surface area (Å²) in [6.45, 7) is 1.82. The summed E-state index contributed by atoms with van der Waals surface area (Å²) in [5.74, 6) is -0.155. The van der Waals surface area contributed by atoms with Crippen LogP contribution in [-0.4, -0.2) is 70.9 Å². The Morgan fingerprint density at radius 2 is 1.58 bits per heavy atom. The summed E-state index contributed by atoms with van der Waals surface area (Å²) >= 11 is 0. The number of carbonyl (C=O) groups is 3. The zero-order chi connectivity index (χ0) is 26.4. The number of hydrogen-bond donors (Lipinski definition) is 1. The summed E-state index contributed by atoms with van der Waals surface area (Å²) in [7, 11) is 0. The van der Waals surface area contributed by atoms with E-state index in [4.69, 9.17) is 0 Å². The minimum Gasteiger partial charge on any atom is -0.354 e. The average molecular weight is 512 g/mol. The SMILES string of the molecule is O=C(CN1CN(c2ccccc2)C2(CCN(C(=O)Cc3ccccc3)CC2)C1=O)NCCc1ccccn1. The van der Waals surface area contributed by atoms with Crippen molar-refractivity contribution in [3.8, 4) is 0 Å². The first kappa shape index (κ1) is 25.4. The fourth-order valence-electron chi connectivity index (χ4n) is 5.44. The number of anilines is 1. The van der Waals surface area contributed by atoms with Crippen LogP contribution < -0.4 is 10.2 Å². The van der Waals surface area contributed by atoms with Gasteiger partial charge in [-0.3, -0.25) is 19.4 Å². The molecule has 1 spiro atoms. The normalized spacial score (nSPS) is 16.6. The number of likely N-dealkylation sites (tertiary alicyclic amines) is 1. The number of pyridine rings is 1. The monoisotopic (exact) mass is 511 g/mol. The molecule has 0 saturated carbocycles. The lowest BCUT2D eigenvalue weighted by molar-refractivity contribution is -0.139. The van der Waals surface area contributed by atoms with E-state index in [1.165, 1.54) is 0 Å². The molecule has 0 radical (unpaired) electrons. The van der Waals surface area contributed by atoms with Crippen molar-refractivity contribution in [2.75, 3.05) is 37.7 Å². The highest BCUT2D eigenvalue weighted by atomic mass is 16.2. The number of rotatable bonds is 8. The Balaban J connectivity index is 1.24. The van der Waals surface area contributed by atoms with Gasteiger partial charge in [-0.15, -0.1) is 0 Å². The predicted octanol–water partition coefficient (Wildman–Crippen LogP) is 2.65. The minimum absolute atomic E-state index is 0.00277. The van der Waals surface area contributed by atoms with Crippen LogP contribution in [0.4, 0.5) is 5.69 Å². The highest BCUT2D eigenvalue weighted by Gasteiger charge is 2.54. The molecule has 2 fully saturated rings. The van der Waals surface area contributed by atoms with Gasteiger partial charge in [-0.2, -0.15) is 0 Å². The lowest BCUT2D eigenvalue weighted by Gasteiger charge is -2.43. The summed E-state index contributed by atoms with van der Waals surface area (Å²) in [4.78, 5) is 49.5. The van der Waals surface area contributed by atoms with Crippen LogP contribution in [0.3, 0.4) is 0 Å². The van der Waals surface area contributed by atoms with Gasteiger partial charge in [0.1, 0.15) is 12.1 Å². The molecule has 3 amide bonds. The first-order chi connectivity index (χ1) is 18.5. The summed E-state index contributed by atoms with van der Waals surface area (Å²) < 4.78 is 0. The molecule has 0 bridgehead atoms. The fourth-order valence-corrected chi connectivity index (χ4v) is 5.44. The van der Waals surface area contributed by atoms with Crippen LogP contribution in [0.25, 0.3) is 0 Å². The third-order valence-corrected chi connectivity index (χ3v) is 7.49. The van der Waals surface area contributed by atoms with Gasteiger partial charge in [0.2, 0.25) is 11.8 Å². The Kier molecular flexibility index (Phi) is 7.67. The van der Waals surface area contributed by atoms with Gasteiger partial charge in [0.25, 0.3) is 5.91 Å². The number of piperidine rings is 1. The Labute approximate surface area is 223 Å². The fraction of sp³-hybridized carbons (Fsp3) is 0.333. The van der Waals surface area contributed by atoms with Gasteiger partial charge in [-0.1, -0.05) is 54.6 Å². The highest BCUT2D eigenvalue weighted by Crippen LogP contribution is 2.39. The largest absolute Gasteiger partial charge is 0.354 e. The maximum atomic E-state index is 13.9. The predicted molar refractivity (Wildman–Crippen MR) is 145 cm³/mol. The van der Waals surface area contributed by atoms with E-state index in [0.717, 1.165) is 16.9 Å². The van der Waals surface area contributed by atoms with Crippen molar-refractivity contribution in [3.05, 3.63) is 96.3 Å². The van der Waals surface area contributed by atoms with Crippen LogP contribution in [0.15, 0.2) is 85.1 Å². The number of amides is 3. The van der Waals surface area contributed by atoms with E-state index in [1.54, 1.807) is 11.1 Å². The topological polar surface area (TPSA) is 85.9 Å². The second kappa shape index (κ2) is 11.5. The second-order valence-electron chi connectivity index (χ2n) is 9.90. The molecule has 2 saturated heterocycles. The van der Waals surface area contributed by atoms with Gasteiger partial charge < -0.3 is 20.0 Å². The lowest BCUT2D eigenvalue weighted by atomic mass is 9.85. The molecule has 3 aromatic rings. The standard InChI is InChI=1S/C30H33N5O3/c36-27(32-18-14-25-11-7-8-17-31-25)22-34-23-35(26-12-5-2-6-13-26)30(29(34)38)15-19-33(20-16-30)28(37)21-24-9-3-1-4-10-24/h1-13,17H,14-16,18-23H2,(H,32,36). The van der Waals surface area contributed by atoms with Gasteiger partial charge in [-0.25, -0.2) is 0 Å². The Hall–Kier alpha value is -4.20. The van der Waals surface area contributed by atoms with Crippen molar-refractivity contribution in [1.82, 2.24) is 20.1 Å². The zero-order valence-corrected chi connectivity index (χ0v) is 21.5. The Morgan fingerprint density at radius 1 is 0.895 bits per heavy atom. The van der Waals surface area contributed by atoms with E-state index in [-0.39, 0.29) is 24.3 Å². The van der Waals surface area contributed by atoms with E-state index in [0.29, 0.717) is 52.0 Å². The van der Waals surface area contributed by atoms with Gasteiger partial charge in [-0.05, 0) is 42.7 Å². The number of aromatic nitrogens is 1. The van der Waals surface area contributed by atoms with E-state index >= 15 is 0 Å². The summed E-state index contributed by atoms with van der Waals surface area (Å²) in [5, 5.41) is 2.93. The molecule has 0 atom stereocenters. The Bertz CT molecular complexity index is 1240. The number of carbonyl (C=O) groups excluding carboxylic acids is 3. The molecule has 1 N–H and O–H groups in total. The van der Waals surface area contributed by atoms with Gasteiger partial charge in [0.15, 0.2) is 0 Å². The van der Waals surface area contributed by atoms with Crippen LogP contribution in [0.1, 0.15) is 24.1 Å². The third kappa shape index (κ3) is 5.54. The number of hydrogen-bond acceptors (Lipinski definition) is 5. The molecule has 196 valence electrons. The van der Waals surface area contributed by atoms with Crippen molar-refractivity contribution in [3.63, 3.8) is 0 Å². The molecule has 38 heavy (non-hydrogen) atoms. The molecule has 0 aliphatic carbocycles. The molecule has 0 unspecified atom stereocenters. The first-order valence-corrected chi connectivity index (χ1v) is 13.2. The van der Waals surface area contributed by atoms with Crippen LogP contribution in [0.2, 0.25) is 0 Å². The van der Waals surface area contributed by atoms with Crippen molar-refractivity contribution in [1.29, 1.82) is 0 Å². The number of para-hydroxylation sites is 1. The van der Waals surface area contributed by atoms with Crippen LogP contribution >= 0.6 is 0 Å². The smallest absolute Gasteiger partial charge is 0.250 e. The van der Waals surface area contributed by atoms with Crippen LogP contribution in [-0.2, 0) is 27.2 Å². The summed E-state index contributed by atoms with van der Waals surface area (Å²) in [5.41, 5.74) is 2.08. The Morgan fingerprint density at radius 3 is 2.26 bits per heavy atom. The van der Waals surface area contributed by atoms with Gasteiger partial charge in [0, 0.05) is 43.6 Å².